The smallest absolute Gasteiger partial charge is 0.275 e. The number of carbonyl (C=O) groups excluding carboxylic acids is 1. The number of ether oxygens (including phenoxy) is 1. The molecule has 0 spiro atoms. The van der Waals surface area contributed by atoms with Gasteiger partial charge in [0.15, 0.2) is 11.5 Å². The van der Waals surface area contributed by atoms with Crippen LogP contribution in [0.5, 0.6) is 5.75 Å². The molecule has 3 N–H and O–H groups in total. The normalized spacial score (nSPS) is 15.0. The zero-order chi connectivity index (χ0) is 15.5. The number of aromatic nitrogens is 3. The third-order valence-corrected chi connectivity index (χ3v) is 3.93. The van der Waals surface area contributed by atoms with E-state index in [0.717, 1.165) is 37.1 Å². The first-order chi connectivity index (χ1) is 10.7. The highest BCUT2D eigenvalue weighted by Gasteiger charge is 2.23. The molecule has 1 aliphatic carbocycles. The van der Waals surface area contributed by atoms with Gasteiger partial charge in [0.05, 0.1) is 12.8 Å². The van der Waals surface area contributed by atoms with Crippen molar-refractivity contribution in [2.75, 3.05) is 12.8 Å². The van der Waals surface area contributed by atoms with Gasteiger partial charge in [-0.3, -0.25) is 4.79 Å². The van der Waals surface area contributed by atoms with E-state index in [1.165, 1.54) is 4.68 Å². The number of nitrogens with two attached hydrogens (primary N) is 1. The van der Waals surface area contributed by atoms with E-state index in [4.69, 9.17) is 10.5 Å². The molecule has 7 heteroatoms. The minimum Gasteiger partial charge on any atom is -0.497 e. The fourth-order valence-electron chi connectivity index (χ4n) is 2.69. The average Bonchev–Trinajstić information content (AvgIpc) is 3.17. The molecule has 0 atom stereocenters. The highest BCUT2D eigenvalue weighted by molar-refractivity contribution is 5.96. The Kier molecular flexibility index (Phi) is 3.95. The third kappa shape index (κ3) is 2.74. The zero-order valence-electron chi connectivity index (χ0n) is 12.5. The van der Waals surface area contributed by atoms with Gasteiger partial charge in [-0.25, -0.2) is 0 Å². The summed E-state index contributed by atoms with van der Waals surface area (Å²) in [6.07, 6.45) is 4.33. The van der Waals surface area contributed by atoms with E-state index in [1.54, 1.807) is 19.2 Å². The molecule has 1 heterocycles. The van der Waals surface area contributed by atoms with Crippen LogP contribution in [0.15, 0.2) is 24.3 Å². The molecular weight excluding hydrogens is 282 g/mol. The number of carbonyl (C=O) groups is 1. The van der Waals surface area contributed by atoms with Gasteiger partial charge in [-0.1, -0.05) is 18.1 Å². The number of nitrogen functional groups attached to an aromatic ring is 1. The van der Waals surface area contributed by atoms with Gasteiger partial charge in [0.1, 0.15) is 5.75 Å². The Morgan fingerprint density at radius 3 is 2.64 bits per heavy atom. The highest BCUT2D eigenvalue weighted by Crippen LogP contribution is 2.20. The van der Waals surface area contributed by atoms with E-state index < -0.39 is 0 Å². The molecule has 1 amide bonds. The summed E-state index contributed by atoms with van der Waals surface area (Å²) in [5.74, 6) is 0.714. The minimum atomic E-state index is -0.260. The molecular formula is C15H19N5O2. The van der Waals surface area contributed by atoms with Crippen LogP contribution in [-0.4, -0.2) is 34.1 Å². The Bertz CT molecular complexity index is 659. The van der Waals surface area contributed by atoms with Crippen molar-refractivity contribution in [2.24, 2.45) is 0 Å². The van der Waals surface area contributed by atoms with Crippen LogP contribution in [0.3, 0.4) is 0 Å². The van der Waals surface area contributed by atoms with Crippen molar-refractivity contribution in [3.05, 3.63) is 30.0 Å². The molecule has 2 aromatic rings. The van der Waals surface area contributed by atoms with Gasteiger partial charge < -0.3 is 15.8 Å². The summed E-state index contributed by atoms with van der Waals surface area (Å²) in [5.41, 5.74) is 6.92. The van der Waals surface area contributed by atoms with Crippen molar-refractivity contribution in [1.82, 2.24) is 20.3 Å². The summed E-state index contributed by atoms with van der Waals surface area (Å²) in [5, 5.41) is 10.9. The lowest BCUT2D eigenvalue weighted by molar-refractivity contribution is 0.0933. The molecule has 7 nitrogen and oxygen atoms in total. The monoisotopic (exact) mass is 301 g/mol. The van der Waals surface area contributed by atoms with Gasteiger partial charge in [0, 0.05) is 6.04 Å². The number of nitrogens with one attached hydrogen (secondary N) is 1. The number of nitrogens with zero attached hydrogens (tertiary/aromatic N) is 3. The van der Waals surface area contributed by atoms with Gasteiger partial charge in [-0.05, 0) is 37.1 Å². The lowest BCUT2D eigenvalue weighted by Crippen LogP contribution is -2.33. The summed E-state index contributed by atoms with van der Waals surface area (Å²) >= 11 is 0. The van der Waals surface area contributed by atoms with Crippen LogP contribution in [-0.2, 0) is 0 Å². The molecule has 0 saturated heterocycles. The van der Waals surface area contributed by atoms with E-state index in [2.05, 4.69) is 15.6 Å². The summed E-state index contributed by atoms with van der Waals surface area (Å²) in [7, 11) is 1.60. The Morgan fingerprint density at radius 2 is 2.00 bits per heavy atom. The third-order valence-electron chi connectivity index (χ3n) is 3.93. The van der Waals surface area contributed by atoms with E-state index in [1.807, 2.05) is 12.1 Å². The lowest BCUT2D eigenvalue weighted by atomic mass is 10.2. The predicted octanol–water partition coefficient (Wildman–Crippen LogP) is 1.53. The van der Waals surface area contributed by atoms with E-state index in [9.17, 15) is 4.79 Å². The maximum absolute atomic E-state index is 12.2. The topological polar surface area (TPSA) is 95.1 Å². The Labute approximate surface area is 128 Å². The van der Waals surface area contributed by atoms with Crippen molar-refractivity contribution in [2.45, 2.75) is 31.7 Å². The van der Waals surface area contributed by atoms with Crippen molar-refractivity contribution < 1.29 is 9.53 Å². The molecule has 1 aromatic carbocycles. The first-order valence-electron chi connectivity index (χ1n) is 7.35. The molecule has 3 rings (SSSR count). The summed E-state index contributed by atoms with van der Waals surface area (Å²) in [6, 6.07) is 7.44. The zero-order valence-corrected chi connectivity index (χ0v) is 12.5. The largest absolute Gasteiger partial charge is 0.497 e. The summed E-state index contributed by atoms with van der Waals surface area (Å²) < 4.78 is 6.56. The molecule has 22 heavy (non-hydrogen) atoms. The molecule has 1 fully saturated rings. The fraction of sp³-hybridized carbons (Fsp3) is 0.400. The number of methoxy groups -OCH3 is 1. The SMILES string of the molecule is COc1ccc(-n2nnc(C(=O)NC3CCCC3)c2N)cc1. The van der Waals surface area contributed by atoms with Gasteiger partial charge in [-0.2, -0.15) is 4.68 Å². The molecule has 0 bridgehead atoms. The van der Waals surface area contributed by atoms with Crippen LogP contribution >= 0.6 is 0 Å². The second-order valence-electron chi connectivity index (χ2n) is 5.39. The number of anilines is 1. The summed E-state index contributed by atoms with van der Waals surface area (Å²) in [6.45, 7) is 0. The second-order valence-corrected chi connectivity index (χ2v) is 5.39. The van der Waals surface area contributed by atoms with Crippen molar-refractivity contribution >= 4 is 11.7 Å². The first-order valence-corrected chi connectivity index (χ1v) is 7.35. The van der Waals surface area contributed by atoms with Gasteiger partial charge in [0.25, 0.3) is 5.91 Å². The number of rotatable bonds is 4. The lowest BCUT2D eigenvalue weighted by Gasteiger charge is -2.10. The van der Waals surface area contributed by atoms with Crippen LogP contribution < -0.4 is 15.8 Å². The number of amides is 1. The van der Waals surface area contributed by atoms with E-state index >= 15 is 0 Å². The van der Waals surface area contributed by atoms with Crippen LogP contribution in [0.25, 0.3) is 5.69 Å². The standard InChI is InChI=1S/C15H19N5O2/c1-22-12-8-6-11(7-9-12)20-14(16)13(18-19-20)15(21)17-10-4-2-3-5-10/h6-10H,2-5,16H2,1H3,(H,17,21). The number of hydrogen-bond acceptors (Lipinski definition) is 5. The molecule has 0 unspecified atom stereocenters. The maximum Gasteiger partial charge on any atom is 0.275 e. The minimum absolute atomic E-state index is 0.169. The number of benzene rings is 1. The van der Waals surface area contributed by atoms with Gasteiger partial charge in [-0.15, -0.1) is 5.10 Å². The van der Waals surface area contributed by atoms with Crippen LogP contribution in [0, 0.1) is 0 Å². The molecule has 1 aromatic heterocycles. The summed E-state index contributed by atoms with van der Waals surface area (Å²) in [4.78, 5) is 12.2. The predicted molar refractivity (Wildman–Crippen MR) is 82.0 cm³/mol. The first kappa shape index (κ1) is 14.4. The van der Waals surface area contributed by atoms with Crippen molar-refractivity contribution in [1.29, 1.82) is 0 Å². The van der Waals surface area contributed by atoms with E-state index in [-0.39, 0.29) is 23.5 Å². The maximum atomic E-state index is 12.2. The Balaban J connectivity index is 1.79. The second kappa shape index (κ2) is 6.05. The van der Waals surface area contributed by atoms with E-state index in [0.29, 0.717) is 0 Å². The average molecular weight is 301 g/mol. The molecule has 0 radical (unpaired) electrons. The fourth-order valence-corrected chi connectivity index (χ4v) is 2.69. The molecule has 1 aliphatic rings. The quantitative estimate of drug-likeness (QED) is 0.893. The van der Waals surface area contributed by atoms with Crippen LogP contribution in [0.1, 0.15) is 36.2 Å². The van der Waals surface area contributed by atoms with Gasteiger partial charge in [0.2, 0.25) is 0 Å². The van der Waals surface area contributed by atoms with Crippen molar-refractivity contribution in [3.8, 4) is 11.4 Å². The highest BCUT2D eigenvalue weighted by atomic mass is 16.5. The Hall–Kier alpha value is -2.57. The van der Waals surface area contributed by atoms with Crippen molar-refractivity contribution in [3.63, 3.8) is 0 Å². The molecule has 0 aliphatic heterocycles. The van der Waals surface area contributed by atoms with Crippen LogP contribution in [0.4, 0.5) is 5.82 Å². The Morgan fingerprint density at radius 1 is 1.32 bits per heavy atom. The van der Waals surface area contributed by atoms with Gasteiger partial charge >= 0.3 is 0 Å². The van der Waals surface area contributed by atoms with Crippen LogP contribution in [0.2, 0.25) is 0 Å². The molecule has 1 saturated carbocycles. The molecule has 116 valence electrons. The number of hydrogen-bond donors (Lipinski definition) is 2.